The maximum absolute atomic E-state index is 12.5. The molecule has 0 aromatic heterocycles. The Labute approximate surface area is 195 Å². The average molecular weight is 479 g/mol. The van der Waals surface area contributed by atoms with Crippen molar-refractivity contribution in [2.24, 2.45) is 5.73 Å². The maximum atomic E-state index is 12.5. The summed E-state index contributed by atoms with van der Waals surface area (Å²) >= 11 is 0. The molecule has 2 atom stereocenters. The minimum Gasteiger partial charge on any atom is -0.475 e. The van der Waals surface area contributed by atoms with Crippen molar-refractivity contribution in [2.75, 3.05) is 36.5 Å². The predicted octanol–water partition coefficient (Wildman–Crippen LogP) is 4.00. The van der Waals surface area contributed by atoms with E-state index < -0.39 is 12.1 Å². The number of alkyl halides is 3. The van der Waals surface area contributed by atoms with Gasteiger partial charge in [0.25, 0.3) is 5.91 Å². The molecule has 2 fully saturated rings. The van der Waals surface area contributed by atoms with Gasteiger partial charge in [-0.25, -0.2) is 4.79 Å². The summed E-state index contributed by atoms with van der Waals surface area (Å²) < 4.78 is 37.1. The third kappa shape index (κ3) is 6.48. The summed E-state index contributed by atoms with van der Waals surface area (Å²) in [4.78, 5) is 23.7. The highest BCUT2D eigenvalue weighted by molar-refractivity contribution is 6.04. The molecule has 0 radical (unpaired) electrons. The molecular weight excluding hydrogens is 451 g/mol. The van der Waals surface area contributed by atoms with Gasteiger partial charge < -0.3 is 25.8 Å². The Balaban J connectivity index is 0.000000406. The van der Waals surface area contributed by atoms with Crippen LogP contribution >= 0.6 is 0 Å². The topological polar surface area (TPSA) is 105 Å². The highest BCUT2D eigenvalue weighted by atomic mass is 19.4. The molecule has 7 nitrogen and oxygen atoms in total. The Morgan fingerprint density at radius 1 is 1.12 bits per heavy atom. The van der Waals surface area contributed by atoms with Crippen molar-refractivity contribution >= 4 is 23.3 Å². The number of halogens is 3. The maximum Gasteiger partial charge on any atom is 0.490 e. The van der Waals surface area contributed by atoms with Crippen molar-refractivity contribution in [3.8, 4) is 0 Å². The van der Waals surface area contributed by atoms with Crippen LogP contribution in [-0.2, 0) is 9.53 Å². The van der Waals surface area contributed by atoms with Gasteiger partial charge in [-0.1, -0.05) is 19.1 Å². The Bertz CT molecular complexity index is 990. The number of morpholine rings is 1. The van der Waals surface area contributed by atoms with Crippen LogP contribution in [0.25, 0.3) is 0 Å². The van der Waals surface area contributed by atoms with Crippen LogP contribution in [0.15, 0.2) is 48.5 Å². The molecule has 4 N–H and O–H groups in total. The molecule has 2 aliphatic rings. The van der Waals surface area contributed by atoms with Crippen molar-refractivity contribution in [1.82, 2.24) is 0 Å². The molecule has 2 aromatic carbocycles. The standard InChI is InChI=1S/C22H27N3O2.C2HF3O2/c1-2-22(23)15-20(22)16-3-7-18(8-4-16)24-21(26)17-5-9-19(10-6-17)25-11-13-27-14-12-25;3-2(4,5)1(6)7/h3-10,20H,2,11-15,23H2,1H3,(H,24,26);(H,6,7). The first-order valence-electron chi connectivity index (χ1n) is 11.0. The number of nitrogens with zero attached hydrogens (tertiary/aromatic N) is 1. The largest absolute Gasteiger partial charge is 0.490 e. The molecule has 184 valence electrons. The van der Waals surface area contributed by atoms with Crippen LogP contribution in [0.1, 0.15) is 41.6 Å². The van der Waals surface area contributed by atoms with Crippen molar-refractivity contribution in [1.29, 1.82) is 0 Å². The van der Waals surface area contributed by atoms with E-state index in [0.717, 1.165) is 50.5 Å². The number of amides is 1. The van der Waals surface area contributed by atoms with Gasteiger partial charge in [0, 0.05) is 41.5 Å². The van der Waals surface area contributed by atoms with Crippen molar-refractivity contribution in [3.63, 3.8) is 0 Å². The summed E-state index contributed by atoms with van der Waals surface area (Å²) in [6, 6.07) is 15.8. The summed E-state index contributed by atoms with van der Waals surface area (Å²) in [5.41, 5.74) is 10.1. The summed E-state index contributed by atoms with van der Waals surface area (Å²) in [7, 11) is 0. The Morgan fingerprint density at radius 3 is 2.15 bits per heavy atom. The quantitative estimate of drug-likeness (QED) is 0.599. The van der Waals surface area contributed by atoms with Crippen LogP contribution in [0.2, 0.25) is 0 Å². The molecule has 1 amide bonds. The van der Waals surface area contributed by atoms with E-state index in [0.29, 0.717) is 11.5 Å². The van der Waals surface area contributed by atoms with Gasteiger partial charge in [-0.3, -0.25) is 4.79 Å². The monoisotopic (exact) mass is 479 g/mol. The highest BCUT2D eigenvalue weighted by Gasteiger charge is 2.49. The second kappa shape index (κ2) is 10.4. The lowest BCUT2D eigenvalue weighted by Gasteiger charge is -2.28. The number of carboxylic acids is 1. The van der Waals surface area contributed by atoms with E-state index in [9.17, 15) is 18.0 Å². The molecule has 4 rings (SSSR count). The van der Waals surface area contributed by atoms with E-state index >= 15 is 0 Å². The van der Waals surface area contributed by atoms with Gasteiger partial charge in [0.2, 0.25) is 0 Å². The zero-order valence-electron chi connectivity index (χ0n) is 18.8. The van der Waals surface area contributed by atoms with Gasteiger partial charge in [0.05, 0.1) is 13.2 Å². The second-order valence-corrected chi connectivity index (χ2v) is 8.37. The number of hydrogen-bond donors (Lipinski definition) is 3. The Hall–Kier alpha value is -3.11. The lowest BCUT2D eigenvalue weighted by atomic mass is 10.0. The number of rotatable bonds is 5. The number of carbonyl (C=O) groups excluding carboxylic acids is 1. The first-order chi connectivity index (χ1) is 16.0. The van der Waals surface area contributed by atoms with Crippen molar-refractivity contribution < 1.29 is 32.6 Å². The van der Waals surface area contributed by atoms with E-state index in [2.05, 4.69) is 29.3 Å². The molecular formula is C24H28F3N3O4. The third-order valence-corrected chi connectivity index (χ3v) is 6.10. The smallest absolute Gasteiger partial charge is 0.475 e. The van der Waals surface area contributed by atoms with Crippen molar-refractivity contribution in [3.05, 3.63) is 59.7 Å². The fourth-order valence-electron chi connectivity index (χ4n) is 3.81. The van der Waals surface area contributed by atoms with E-state index in [1.165, 1.54) is 5.56 Å². The Kier molecular flexibility index (Phi) is 7.83. The van der Waals surface area contributed by atoms with Gasteiger partial charge in [-0.05, 0) is 54.8 Å². The highest BCUT2D eigenvalue weighted by Crippen LogP contribution is 2.51. The first kappa shape index (κ1) is 25.5. The van der Waals surface area contributed by atoms with Crippen LogP contribution in [-0.4, -0.2) is 55.0 Å². The first-order valence-corrected chi connectivity index (χ1v) is 11.0. The number of nitrogens with two attached hydrogens (primary N) is 1. The molecule has 34 heavy (non-hydrogen) atoms. The molecule has 10 heteroatoms. The van der Waals surface area contributed by atoms with Gasteiger partial charge in [0.1, 0.15) is 0 Å². The van der Waals surface area contributed by atoms with Crippen LogP contribution in [0, 0.1) is 0 Å². The van der Waals surface area contributed by atoms with E-state index in [1.54, 1.807) is 0 Å². The van der Waals surface area contributed by atoms with Gasteiger partial charge in [-0.15, -0.1) is 0 Å². The molecule has 1 saturated carbocycles. The average Bonchev–Trinajstić information content (AvgIpc) is 3.52. The summed E-state index contributed by atoms with van der Waals surface area (Å²) in [5, 5.41) is 10.1. The SMILES string of the molecule is CCC1(N)CC1c1ccc(NC(=O)c2ccc(N3CCOCC3)cc2)cc1.O=C(O)C(F)(F)F. The molecule has 1 aliphatic carbocycles. The zero-order chi connectivity index (χ0) is 24.9. The van der Waals surface area contributed by atoms with Gasteiger partial charge in [-0.2, -0.15) is 13.2 Å². The van der Waals surface area contributed by atoms with Crippen LogP contribution in [0.3, 0.4) is 0 Å². The lowest BCUT2D eigenvalue weighted by Crippen LogP contribution is -2.36. The lowest BCUT2D eigenvalue weighted by molar-refractivity contribution is -0.192. The number of nitrogens with one attached hydrogen (secondary N) is 1. The third-order valence-electron chi connectivity index (χ3n) is 6.10. The van der Waals surface area contributed by atoms with E-state index in [4.69, 9.17) is 20.4 Å². The number of anilines is 2. The minimum absolute atomic E-state index is 0.0347. The number of ether oxygens (including phenoxy) is 1. The summed E-state index contributed by atoms with van der Waals surface area (Å²) in [6.07, 6.45) is -3.04. The molecule has 1 aliphatic heterocycles. The van der Waals surface area contributed by atoms with Crippen molar-refractivity contribution in [2.45, 2.75) is 37.4 Å². The second-order valence-electron chi connectivity index (χ2n) is 8.37. The summed E-state index contributed by atoms with van der Waals surface area (Å²) in [6.45, 7) is 5.42. The molecule has 2 aromatic rings. The molecule has 0 spiro atoms. The number of aliphatic carboxylic acids is 1. The van der Waals surface area contributed by atoms with Gasteiger partial charge in [0.15, 0.2) is 0 Å². The van der Waals surface area contributed by atoms with Crippen LogP contribution in [0.5, 0.6) is 0 Å². The zero-order valence-corrected chi connectivity index (χ0v) is 18.8. The summed E-state index contributed by atoms with van der Waals surface area (Å²) in [5.74, 6) is -2.41. The fourth-order valence-corrected chi connectivity index (χ4v) is 3.81. The van der Waals surface area contributed by atoms with Crippen LogP contribution < -0.4 is 16.0 Å². The van der Waals surface area contributed by atoms with E-state index in [-0.39, 0.29) is 11.4 Å². The molecule has 1 saturated heterocycles. The molecule has 0 bridgehead atoms. The molecule has 1 heterocycles. The normalized spacial score (nSPS) is 21.8. The predicted molar refractivity (Wildman–Crippen MR) is 122 cm³/mol. The number of benzene rings is 2. The number of carbonyl (C=O) groups is 2. The Morgan fingerprint density at radius 2 is 1.68 bits per heavy atom. The molecule has 2 unspecified atom stereocenters. The number of carboxylic acid groups (broad SMARTS) is 1. The van der Waals surface area contributed by atoms with E-state index in [1.807, 2.05) is 36.4 Å². The van der Waals surface area contributed by atoms with Crippen LogP contribution in [0.4, 0.5) is 24.5 Å². The number of hydrogen-bond acceptors (Lipinski definition) is 5. The van der Waals surface area contributed by atoms with Gasteiger partial charge >= 0.3 is 12.1 Å². The fraction of sp³-hybridized carbons (Fsp3) is 0.417. The minimum atomic E-state index is -5.08.